The summed E-state index contributed by atoms with van der Waals surface area (Å²) < 4.78 is 0. The Bertz CT molecular complexity index is 319. The van der Waals surface area contributed by atoms with Gasteiger partial charge in [-0.1, -0.05) is 5.92 Å². The second kappa shape index (κ2) is 3.44. The molecule has 3 heteroatoms. The van der Waals surface area contributed by atoms with Gasteiger partial charge in [-0.3, -0.25) is 0 Å². The number of rotatable bonds is 2. The fourth-order valence-electron chi connectivity index (χ4n) is 0.773. The average molecular weight is 175 g/mol. The van der Waals surface area contributed by atoms with Crippen molar-refractivity contribution in [3.63, 3.8) is 0 Å². The van der Waals surface area contributed by atoms with Gasteiger partial charge in [-0.2, -0.15) is 0 Å². The number of aryl methyl sites for hydroxylation is 1. The maximum atomic E-state index is 5.32. The van der Waals surface area contributed by atoms with Gasteiger partial charge in [-0.05, 0) is 26.3 Å². The predicted octanol–water partition coefficient (Wildman–Crippen LogP) is 1.61. The first-order valence-electron chi connectivity index (χ1n) is 4.08. The van der Waals surface area contributed by atoms with Gasteiger partial charge < -0.3 is 5.32 Å². The summed E-state index contributed by atoms with van der Waals surface area (Å²) in [7, 11) is 0. The van der Waals surface area contributed by atoms with Gasteiger partial charge >= 0.3 is 0 Å². The third-order valence-electron chi connectivity index (χ3n) is 1.57. The van der Waals surface area contributed by atoms with Gasteiger partial charge in [0.05, 0.1) is 5.54 Å². The number of aromatic nitrogens is 2. The van der Waals surface area contributed by atoms with E-state index in [9.17, 15) is 0 Å². The largest absolute Gasteiger partial charge is 0.338 e. The smallest absolute Gasteiger partial charge is 0.223 e. The average Bonchev–Trinajstić information content (AvgIpc) is 2.09. The van der Waals surface area contributed by atoms with Crippen LogP contribution >= 0.6 is 0 Å². The molecule has 68 valence electrons. The third kappa shape index (κ3) is 2.75. The zero-order valence-electron chi connectivity index (χ0n) is 8.13. The number of terminal acetylenes is 1. The molecule has 0 aliphatic carbocycles. The van der Waals surface area contributed by atoms with Crippen molar-refractivity contribution in [2.24, 2.45) is 0 Å². The van der Waals surface area contributed by atoms with Crippen molar-refractivity contribution in [1.29, 1.82) is 0 Å². The molecule has 3 nitrogen and oxygen atoms in total. The number of anilines is 1. The van der Waals surface area contributed by atoms with Gasteiger partial charge in [0.25, 0.3) is 0 Å². The van der Waals surface area contributed by atoms with Gasteiger partial charge in [0.15, 0.2) is 0 Å². The minimum absolute atomic E-state index is 0.407. The Morgan fingerprint density at radius 3 is 2.38 bits per heavy atom. The van der Waals surface area contributed by atoms with Crippen molar-refractivity contribution in [2.45, 2.75) is 26.3 Å². The number of hydrogen-bond acceptors (Lipinski definition) is 3. The molecule has 0 saturated heterocycles. The Balaban J connectivity index is 2.77. The molecule has 0 aliphatic rings. The van der Waals surface area contributed by atoms with Crippen LogP contribution in [0.2, 0.25) is 0 Å². The summed E-state index contributed by atoms with van der Waals surface area (Å²) in [5.74, 6) is 3.18. The number of nitrogens with zero attached hydrogens (tertiary/aromatic N) is 2. The van der Waals surface area contributed by atoms with Crippen molar-refractivity contribution < 1.29 is 0 Å². The molecule has 0 saturated carbocycles. The molecule has 13 heavy (non-hydrogen) atoms. The summed E-state index contributed by atoms with van der Waals surface area (Å²) in [6.45, 7) is 5.74. The molecule has 0 unspecified atom stereocenters. The van der Waals surface area contributed by atoms with E-state index in [0.29, 0.717) is 5.95 Å². The van der Waals surface area contributed by atoms with E-state index in [1.165, 1.54) is 0 Å². The summed E-state index contributed by atoms with van der Waals surface area (Å²) in [6.07, 6.45) is 8.82. The monoisotopic (exact) mass is 175 g/mol. The van der Waals surface area contributed by atoms with Crippen LogP contribution in [0.25, 0.3) is 0 Å². The Morgan fingerprint density at radius 1 is 1.38 bits per heavy atom. The molecule has 0 aromatic carbocycles. The first-order valence-corrected chi connectivity index (χ1v) is 4.08. The molecule has 0 bridgehead atoms. The first kappa shape index (κ1) is 9.53. The molecule has 1 heterocycles. The van der Waals surface area contributed by atoms with Gasteiger partial charge in [0, 0.05) is 12.4 Å². The highest BCUT2D eigenvalue weighted by Crippen LogP contribution is 2.08. The number of nitrogens with one attached hydrogen (secondary N) is 1. The molecule has 1 N–H and O–H groups in total. The minimum atomic E-state index is -0.407. The summed E-state index contributed by atoms with van der Waals surface area (Å²) >= 11 is 0. The van der Waals surface area contributed by atoms with Crippen LogP contribution in [-0.4, -0.2) is 15.5 Å². The Morgan fingerprint density at radius 2 is 1.92 bits per heavy atom. The molecule has 0 spiro atoms. The van der Waals surface area contributed by atoms with Crippen LogP contribution in [0, 0.1) is 19.3 Å². The predicted molar refractivity (Wildman–Crippen MR) is 53.3 cm³/mol. The van der Waals surface area contributed by atoms with E-state index in [4.69, 9.17) is 6.42 Å². The molecule has 0 radical (unpaired) electrons. The second-order valence-corrected chi connectivity index (χ2v) is 3.48. The Hall–Kier alpha value is -1.56. The maximum Gasteiger partial charge on any atom is 0.223 e. The first-order chi connectivity index (χ1) is 6.03. The lowest BCUT2D eigenvalue weighted by molar-refractivity contribution is 0.728. The topological polar surface area (TPSA) is 37.8 Å². The maximum absolute atomic E-state index is 5.32. The standard InChI is InChI=1S/C10H13N3/c1-5-10(3,4)13-9-11-6-8(2)7-12-9/h1,6-7H,2-4H3,(H,11,12,13). The van der Waals surface area contributed by atoms with Gasteiger partial charge in [0.2, 0.25) is 5.95 Å². The molecule has 1 rings (SSSR count). The molecule has 0 amide bonds. The van der Waals surface area contributed by atoms with Crippen LogP contribution in [0.4, 0.5) is 5.95 Å². The van der Waals surface area contributed by atoms with E-state index in [1.807, 2.05) is 20.8 Å². The summed E-state index contributed by atoms with van der Waals surface area (Å²) in [5.41, 5.74) is 0.624. The van der Waals surface area contributed by atoms with Gasteiger partial charge in [-0.15, -0.1) is 6.42 Å². The van der Waals surface area contributed by atoms with E-state index in [2.05, 4.69) is 21.2 Å². The molecule has 1 aromatic heterocycles. The fourth-order valence-corrected chi connectivity index (χ4v) is 0.773. The molecule has 0 aliphatic heterocycles. The molecular weight excluding hydrogens is 162 g/mol. The second-order valence-electron chi connectivity index (χ2n) is 3.48. The lowest BCUT2D eigenvalue weighted by Gasteiger charge is -2.18. The molecule has 0 fully saturated rings. The molecular formula is C10H13N3. The van der Waals surface area contributed by atoms with Crippen molar-refractivity contribution >= 4 is 5.95 Å². The van der Waals surface area contributed by atoms with E-state index < -0.39 is 5.54 Å². The van der Waals surface area contributed by atoms with Crippen LogP contribution in [0.1, 0.15) is 19.4 Å². The quantitative estimate of drug-likeness (QED) is 0.694. The van der Waals surface area contributed by atoms with E-state index in [-0.39, 0.29) is 0 Å². The van der Waals surface area contributed by atoms with Crippen molar-refractivity contribution in [2.75, 3.05) is 5.32 Å². The van der Waals surface area contributed by atoms with E-state index >= 15 is 0 Å². The molecule has 0 atom stereocenters. The fraction of sp³-hybridized carbons (Fsp3) is 0.400. The number of hydrogen-bond donors (Lipinski definition) is 1. The van der Waals surface area contributed by atoms with Gasteiger partial charge in [0.1, 0.15) is 0 Å². The Labute approximate surface area is 78.6 Å². The van der Waals surface area contributed by atoms with E-state index in [1.54, 1.807) is 12.4 Å². The zero-order chi connectivity index (χ0) is 9.90. The lowest BCUT2D eigenvalue weighted by atomic mass is 10.1. The Kier molecular flexibility index (Phi) is 2.52. The lowest BCUT2D eigenvalue weighted by Crippen LogP contribution is -2.29. The van der Waals surface area contributed by atoms with Crippen LogP contribution < -0.4 is 5.32 Å². The highest BCUT2D eigenvalue weighted by Gasteiger charge is 2.13. The van der Waals surface area contributed by atoms with Crippen LogP contribution in [0.5, 0.6) is 0 Å². The summed E-state index contributed by atoms with van der Waals surface area (Å²) in [4.78, 5) is 8.19. The summed E-state index contributed by atoms with van der Waals surface area (Å²) in [5, 5.41) is 3.04. The van der Waals surface area contributed by atoms with Crippen molar-refractivity contribution in [3.8, 4) is 12.3 Å². The highest BCUT2D eigenvalue weighted by atomic mass is 15.1. The zero-order valence-corrected chi connectivity index (χ0v) is 8.13. The van der Waals surface area contributed by atoms with Crippen molar-refractivity contribution in [3.05, 3.63) is 18.0 Å². The van der Waals surface area contributed by atoms with E-state index in [0.717, 1.165) is 5.56 Å². The normalized spacial score (nSPS) is 10.6. The van der Waals surface area contributed by atoms with Crippen LogP contribution in [-0.2, 0) is 0 Å². The molecule has 1 aromatic rings. The SMILES string of the molecule is C#CC(C)(C)Nc1ncc(C)cn1. The van der Waals surface area contributed by atoms with Crippen molar-refractivity contribution in [1.82, 2.24) is 9.97 Å². The minimum Gasteiger partial charge on any atom is -0.338 e. The third-order valence-corrected chi connectivity index (χ3v) is 1.57. The summed E-state index contributed by atoms with van der Waals surface area (Å²) in [6, 6.07) is 0. The highest BCUT2D eigenvalue weighted by molar-refractivity contribution is 5.33. The van der Waals surface area contributed by atoms with Crippen LogP contribution in [0.15, 0.2) is 12.4 Å². The van der Waals surface area contributed by atoms with Gasteiger partial charge in [-0.25, -0.2) is 9.97 Å². The van der Waals surface area contributed by atoms with Crippen LogP contribution in [0.3, 0.4) is 0 Å².